The molecule has 4 rings (SSSR count). The number of hydrogen-bond donors (Lipinski definition) is 1. The van der Waals surface area contributed by atoms with E-state index in [4.69, 9.17) is 9.47 Å². The van der Waals surface area contributed by atoms with Gasteiger partial charge in [-0.05, 0) is 43.5 Å². The Bertz CT molecular complexity index is 1030. The molecular weight excluding hydrogens is 448 g/mol. The Morgan fingerprint density at radius 3 is 2.66 bits per heavy atom. The van der Waals surface area contributed by atoms with E-state index in [1.54, 1.807) is 41.5 Å². The molecule has 35 heavy (non-hydrogen) atoms. The molecule has 1 saturated heterocycles. The average molecular weight is 483 g/mol. The minimum absolute atomic E-state index is 0.0431. The van der Waals surface area contributed by atoms with Crippen LogP contribution < -0.4 is 4.74 Å². The number of aliphatic hydroxyl groups is 1. The van der Waals surface area contributed by atoms with Gasteiger partial charge in [0.05, 0.1) is 19.2 Å². The summed E-state index contributed by atoms with van der Waals surface area (Å²) in [4.78, 5) is 38.6. The topological polar surface area (TPSA) is 105 Å². The van der Waals surface area contributed by atoms with Crippen LogP contribution >= 0.6 is 0 Å². The molecule has 188 valence electrons. The molecule has 0 spiro atoms. The number of aromatic nitrogens is 2. The Balaban J connectivity index is 1.64. The number of pyridine rings is 2. The average Bonchev–Trinajstić information content (AvgIpc) is 2.90. The normalized spacial score (nSPS) is 21.9. The maximum absolute atomic E-state index is 13.6. The molecule has 2 aliphatic rings. The van der Waals surface area contributed by atoms with E-state index in [1.165, 1.54) is 0 Å². The van der Waals surface area contributed by atoms with E-state index in [9.17, 15) is 14.7 Å². The van der Waals surface area contributed by atoms with Crippen molar-refractivity contribution in [2.75, 3.05) is 40.0 Å². The van der Waals surface area contributed by atoms with Gasteiger partial charge >= 0.3 is 0 Å². The molecule has 9 nitrogen and oxygen atoms in total. The van der Waals surface area contributed by atoms with Crippen molar-refractivity contribution in [3.8, 4) is 17.0 Å². The van der Waals surface area contributed by atoms with E-state index in [0.717, 1.165) is 24.0 Å². The van der Waals surface area contributed by atoms with E-state index in [1.807, 2.05) is 26.0 Å². The highest BCUT2D eigenvalue weighted by Crippen LogP contribution is 2.30. The van der Waals surface area contributed by atoms with Gasteiger partial charge in [-0.2, -0.15) is 0 Å². The lowest BCUT2D eigenvalue weighted by Crippen LogP contribution is -2.51. The molecule has 0 unspecified atom stereocenters. The van der Waals surface area contributed by atoms with Crippen molar-refractivity contribution in [1.82, 2.24) is 19.8 Å². The van der Waals surface area contributed by atoms with Crippen molar-refractivity contribution in [2.45, 2.75) is 38.8 Å². The third kappa shape index (κ3) is 5.62. The third-order valence-electron chi connectivity index (χ3n) is 6.94. The summed E-state index contributed by atoms with van der Waals surface area (Å²) < 4.78 is 11.7. The van der Waals surface area contributed by atoms with Crippen LogP contribution in [0.1, 0.15) is 37.0 Å². The van der Waals surface area contributed by atoms with Crippen LogP contribution in [0.5, 0.6) is 5.88 Å². The summed E-state index contributed by atoms with van der Waals surface area (Å²) in [6.07, 6.45) is 6.14. The standard InChI is InChI=1S/C26H34N4O5/c1-17-14-30(18(2)16-31)26(33)22-12-21(19-4-8-27-9-5-19)13-28-24(22)35-23(17)15-29(3)25(32)20-6-10-34-11-7-20/h4-5,8-9,12-13,17-18,20,23,31H,6-7,10-11,14-16H2,1-3H3/t17-,18-,23+/m1/s1. The number of nitrogens with zero attached hydrogens (tertiary/aromatic N) is 4. The summed E-state index contributed by atoms with van der Waals surface area (Å²) in [6.45, 7) is 5.64. The number of rotatable bonds is 6. The highest BCUT2D eigenvalue weighted by molar-refractivity contribution is 5.98. The molecule has 0 bridgehead atoms. The Labute approximate surface area is 206 Å². The number of ether oxygens (including phenoxy) is 2. The first kappa shape index (κ1) is 25.1. The molecular formula is C26H34N4O5. The molecule has 4 heterocycles. The molecule has 0 saturated carbocycles. The number of carbonyl (C=O) groups is 2. The van der Waals surface area contributed by atoms with Gasteiger partial charge < -0.3 is 24.4 Å². The van der Waals surface area contributed by atoms with Gasteiger partial charge in [-0.15, -0.1) is 0 Å². The maximum Gasteiger partial charge on any atom is 0.259 e. The van der Waals surface area contributed by atoms with Gasteiger partial charge in [0, 0.05) is 62.8 Å². The van der Waals surface area contributed by atoms with Gasteiger partial charge in [0.2, 0.25) is 11.8 Å². The van der Waals surface area contributed by atoms with E-state index in [-0.39, 0.29) is 48.3 Å². The Kier molecular flexibility index (Phi) is 7.97. The highest BCUT2D eigenvalue weighted by Gasteiger charge is 2.35. The fourth-order valence-electron chi connectivity index (χ4n) is 4.64. The molecule has 1 fully saturated rings. The zero-order valence-corrected chi connectivity index (χ0v) is 20.6. The van der Waals surface area contributed by atoms with E-state index in [2.05, 4.69) is 9.97 Å². The second-order valence-corrected chi connectivity index (χ2v) is 9.54. The van der Waals surface area contributed by atoms with Crippen LogP contribution in [0.3, 0.4) is 0 Å². The van der Waals surface area contributed by atoms with Gasteiger partial charge in [0.15, 0.2) is 0 Å². The van der Waals surface area contributed by atoms with E-state index >= 15 is 0 Å². The summed E-state index contributed by atoms with van der Waals surface area (Å²) >= 11 is 0. The summed E-state index contributed by atoms with van der Waals surface area (Å²) in [7, 11) is 1.80. The van der Waals surface area contributed by atoms with Crippen molar-refractivity contribution in [3.63, 3.8) is 0 Å². The summed E-state index contributed by atoms with van der Waals surface area (Å²) in [5, 5.41) is 9.85. The predicted molar refractivity (Wildman–Crippen MR) is 130 cm³/mol. The Hall–Kier alpha value is -3.04. The number of hydrogen-bond acceptors (Lipinski definition) is 7. The Morgan fingerprint density at radius 2 is 1.97 bits per heavy atom. The fourth-order valence-corrected chi connectivity index (χ4v) is 4.64. The van der Waals surface area contributed by atoms with Gasteiger partial charge in [-0.3, -0.25) is 14.6 Å². The first-order valence-electron chi connectivity index (χ1n) is 12.2. The van der Waals surface area contributed by atoms with Crippen molar-refractivity contribution in [2.24, 2.45) is 11.8 Å². The number of likely N-dealkylation sites (N-methyl/N-ethyl adjacent to an activating group) is 1. The maximum atomic E-state index is 13.6. The van der Waals surface area contributed by atoms with Gasteiger partial charge in [-0.25, -0.2) is 4.98 Å². The first-order valence-corrected chi connectivity index (χ1v) is 12.2. The third-order valence-corrected chi connectivity index (χ3v) is 6.94. The summed E-state index contributed by atoms with van der Waals surface area (Å²) in [6, 6.07) is 5.12. The van der Waals surface area contributed by atoms with Gasteiger partial charge in [-0.1, -0.05) is 6.92 Å². The molecule has 0 aliphatic carbocycles. The molecule has 1 N–H and O–H groups in total. The van der Waals surface area contributed by atoms with Crippen molar-refractivity contribution >= 4 is 11.8 Å². The Morgan fingerprint density at radius 1 is 1.26 bits per heavy atom. The second kappa shape index (κ2) is 11.1. The van der Waals surface area contributed by atoms with Gasteiger partial charge in [0.25, 0.3) is 5.91 Å². The van der Waals surface area contributed by atoms with Crippen LogP contribution in [0.4, 0.5) is 0 Å². The lowest BCUT2D eigenvalue weighted by Gasteiger charge is -2.38. The van der Waals surface area contributed by atoms with Gasteiger partial charge in [0.1, 0.15) is 11.7 Å². The minimum Gasteiger partial charge on any atom is -0.472 e. The number of aliphatic hydroxyl groups excluding tert-OH is 1. The second-order valence-electron chi connectivity index (χ2n) is 9.54. The molecule has 2 amide bonds. The van der Waals surface area contributed by atoms with Crippen molar-refractivity contribution < 1.29 is 24.2 Å². The largest absolute Gasteiger partial charge is 0.472 e. The quantitative estimate of drug-likeness (QED) is 0.673. The lowest BCUT2D eigenvalue weighted by atomic mass is 9.97. The highest BCUT2D eigenvalue weighted by atomic mass is 16.5. The van der Waals surface area contributed by atoms with Crippen LogP contribution in [0.25, 0.3) is 11.1 Å². The zero-order chi connectivity index (χ0) is 24.9. The molecule has 9 heteroatoms. The number of amides is 2. The summed E-state index contributed by atoms with van der Waals surface area (Å²) in [5.41, 5.74) is 2.00. The van der Waals surface area contributed by atoms with Crippen molar-refractivity contribution in [3.05, 3.63) is 42.4 Å². The first-order chi connectivity index (χ1) is 16.9. The number of carbonyl (C=O) groups excluding carboxylic acids is 2. The molecule has 2 aromatic heterocycles. The number of fused-ring (bicyclic) bond motifs is 1. The van der Waals surface area contributed by atoms with E-state index < -0.39 is 0 Å². The van der Waals surface area contributed by atoms with Crippen LogP contribution in [0.15, 0.2) is 36.8 Å². The molecule has 2 aliphatic heterocycles. The van der Waals surface area contributed by atoms with Crippen LogP contribution in [0, 0.1) is 11.8 Å². The lowest BCUT2D eigenvalue weighted by molar-refractivity contribution is -0.138. The van der Waals surface area contributed by atoms with Crippen molar-refractivity contribution in [1.29, 1.82) is 0 Å². The predicted octanol–water partition coefficient (Wildman–Crippen LogP) is 2.25. The van der Waals surface area contributed by atoms with Crippen LogP contribution in [0.2, 0.25) is 0 Å². The van der Waals surface area contributed by atoms with Crippen LogP contribution in [-0.4, -0.2) is 88.8 Å². The molecule has 0 radical (unpaired) electrons. The molecule has 0 aromatic carbocycles. The van der Waals surface area contributed by atoms with Crippen LogP contribution in [-0.2, 0) is 9.53 Å². The molecule has 3 atom stereocenters. The fraction of sp³-hybridized carbons (Fsp3) is 0.538. The SMILES string of the molecule is C[C@@H]1CN([C@H](C)CO)C(=O)c2cc(-c3ccncc3)cnc2O[C@H]1CN(C)C(=O)C1CCOCC1. The molecule has 2 aromatic rings. The summed E-state index contributed by atoms with van der Waals surface area (Å²) in [5.74, 6) is -0.0384. The smallest absolute Gasteiger partial charge is 0.259 e. The minimum atomic E-state index is -0.372. The van der Waals surface area contributed by atoms with E-state index in [0.29, 0.717) is 31.9 Å². The monoisotopic (exact) mass is 482 g/mol. The zero-order valence-electron chi connectivity index (χ0n) is 20.6.